The lowest BCUT2D eigenvalue weighted by Gasteiger charge is -2.20. The van der Waals surface area contributed by atoms with Gasteiger partial charge in [-0.2, -0.15) is 0 Å². The molecule has 0 radical (unpaired) electrons. The summed E-state index contributed by atoms with van der Waals surface area (Å²) >= 11 is 0. The van der Waals surface area contributed by atoms with Gasteiger partial charge in [-0.15, -0.1) is 0 Å². The summed E-state index contributed by atoms with van der Waals surface area (Å²) in [4.78, 5) is 13.3. The normalized spacial score (nSPS) is 23.4. The first kappa shape index (κ1) is 11.3. The molecule has 0 aromatic carbocycles. The highest BCUT2D eigenvalue weighted by molar-refractivity contribution is 5.73. The molecule has 0 aromatic heterocycles. The Morgan fingerprint density at radius 1 is 1.36 bits per heavy atom. The number of urea groups is 1. The van der Waals surface area contributed by atoms with Gasteiger partial charge < -0.3 is 10.2 Å². The van der Waals surface area contributed by atoms with Crippen LogP contribution >= 0.6 is 0 Å². The standard InChI is InChI=1S/C11H22N2O/c1-9(2)10-5-4-7-13(8-6-10)11(14)12-3/h9-10H,4-8H2,1-3H3,(H,12,14). The second-order valence-corrected chi connectivity index (χ2v) is 4.48. The number of carbonyl (C=O) groups excluding carboxylic acids is 1. The van der Waals surface area contributed by atoms with Crippen LogP contribution in [0.25, 0.3) is 0 Å². The van der Waals surface area contributed by atoms with Crippen molar-refractivity contribution >= 4 is 6.03 Å². The third-order valence-electron chi connectivity index (χ3n) is 3.22. The monoisotopic (exact) mass is 198 g/mol. The molecule has 0 saturated carbocycles. The van der Waals surface area contributed by atoms with Crippen molar-refractivity contribution < 1.29 is 4.79 Å². The predicted octanol–water partition coefficient (Wildman–Crippen LogP) is 2.08. The molecule has 1 rings (SSSR count). The molecule has 1 aliphatic rings. The molecular weight excluding hydrogens is 176 g/mol. The van der Waals surface area contributed by atoms with Crippen LogP contribution in [-0.4, -0.2) is 31.1 Å². The van der Waals surface area contributed by atoms with Crippen molar-refractivity contribution in [2.75, 3.05) is 20.1 Å². The number of nitrogens with one attached hydrogen (secondary N) is 1. The van der Waals surface area contributed by atoms with Crippen LogP contribution in [0, 0.1) is 11.8 Å². The molecular formula is C11H22N2O. The van der Waals surface area contributed by atoms with E-state index < -0.39 is 0 Å². The summed E-state index contributed by atoms with van der Waals surface area (Å²) in [5.41, 5.74) is 0. The number of hydrogen-bond acceptors (Lipinski definition) is 1. The molecule has 3 heteroatoms. The van der Waals surface area contributed by atoms with E-state index in [2.05, 4.69) is 19.2 Å². The van der Waals surface area contributed by atoms with Crippen LogP contribution in [0.2, 0.25) is 0 Å². The molecule has 0 bridgehead atoms. The Morgan fingerprint density at radius 3 is 2.64 bits per heavy atom. The molecule has 3 nitrogen and oxygen atoms in total. The lowest BCUT2D eigenvalue weighted by molar-refractivity contribution is 0.200. The van der Waals surface area contributed by atoms with Crippen molar-refractivity contribution in [3.63, 3.8) is 0 Å². The summed E-state index contributed by atoms with van der Waals surface area (Å²) in [5, 5.41) is 2.69. The van der Waals surface area contributed by atoms with E-state index in [4.69, 9.17) is 0 Å². The third kappa shape index (κ3) is 2.89. The fourth-order valence-corrected chi connectivity index (χ4v) is 2.15. The van der Waals surface area contributed by atoms with Crippen molar-refractivity contribution in [3.8, 4) is 0 Å². The quantitative estimate of drug-likeness (QED) is 0.687. The van der Waals surface area contributed by atoms with E-state index in [1.165, 1.54) is 6.42 Å². The molecule has 1 atom stereocenters. The maximum Gasteiger partial charge on any atom is 0.317 e. The number of nitrogens with zero attached hydrogens (tertiary/aromatic N) is 1. The molecule has 1 N–H and O–H groups in total. The van der Waals surface area contributed by atoms with Crippen molar-refractivity contribution in [1.29, 1.82) is 0 Å². The van der Waals surface area contributed by atoms with Gasteiger partial charge in [0.25, 0.3) is 0 Å². The van der Waals surface area contributed by atoms with Crippen molar-refractivity contribution in [2.24, 2.45) is 11.8 Å². The second-order valence-electron chi connectivity index (χ2n) is 4.48. The zero-order valence-corrected chi connectivity index (χ0v) is 9.55. The highest BCUT2D eigenvalue weighted by Gasteiger charge is 2.21. The first-order chi connectivity index (χ1) is 6.65. The molecule has 14 heavy (non-hydrogen) atoms. The van der Waals surface area contributed by atoms with Gasteiger partial charge in [-0.25, -0.2) is 4.79 Å². The van der Waals surface area contributed by atoms with Crippen LogP contribution in [0.4, 0.5) is 4.79 Å². The predicted molar refractivity (Wildman–Crippen MR) is 58.2 cm³/mol. The van der Waals surface area contributed by atoms with E-state index in [0.29, 0.717) is 0 Å². The average molecular weight is 198 g/mol. The van der Waals surface area contributed by atoms with E-state index >= 15 is 0 Å². The van der Waals surface area contributed by atoms with Gasteiger partial charge in [0.1, 0.15) is 0 Å². The number of carbonyl (C=O) groups is 1. The first-order valence-corrected chi connectivity index (χ1v) is 5.61. The summed E-state index contributed by atoms with van der Waals surface area (Å²) in [6.07, 6.45) is 3.58. The Kier molecular flexibility index (Phi) is 4.23. The molecule has 1 fully saturated rings. The number of amides is 2. The molecule has 2 amide bonds. The topological polar surface area (TPSA) is 32.3 Å². The van der Waals surface area contributed by atoms with E-state index in [0.717, 1.165) is 37.8 Å². The molecule has 0 aromatic rings. The molecule has 1 aliphatic heterocycles. The maximum absolute atomic E-state index is 11.4. The smallest absolute Gasteiger partial charge is 0.317 e. The summed E-state index contributed by atoms with van der Waals surface area (Å²) in [7, 11) is 1.70. The highest BCUT2D eigenvalue weighted by Crippen LogP contribution is 2.24. The van der Waals surface area contributed by atoms with Gasteiger partial charge in [-0.05, 0) is 31.1 Å². The Labute approximate surface area is 86.9 Å². The van der Waals surface area contributed by atoms with E-state index in [1.807, 2.05) is 4.90 Å². The van der Waals surface area contributed by atoms with E-state index in [-0.39, 0.29) is 6.03 Å². The fourth-order valence-electron chi connectivity index (χ4n) is 2.15. The van der Waals surface area contributed by atoms with Crippen LogP contribution in [0.3, 0.4) is 0 Å². The van der Waals surface area contributed by atoms with Crippen molar-refractivity contribution in [3.05, 3.63) is 0 Å². The van der Waals surface area contributed by atoms with Gasteiger partial charge in [0.2, 0.25) is 0 Å². The van der Waals surface area contributed by atoms with Crippen LogP contribution in [0.1, 0.15) is 33.1 Å². The lowest BCUT2D eigenvalue weighted by Crippen LogP contribution is -2.38. The van der Waals surface area contributed by atoms with Crippen LogP contribution in [0.15, 0.2) is 0 Å². The summed E-state index contributed by atoms with van der Waals surface area (Å²) in [5.74, 6) is 1.55. The Balaban J connectivity index is 2.44. The fraction of sp³-hybridized carbons (Fsp3) is 0.909. The van der Waals surface area contributed by atoms with Gasteiger partial charge in [0.15, 0.2) is 0 Å². The lowest BCUT2D eigenvalue weighted by atomic mass is 9.89. The second kappa shape index (κ2) is 5.23. The first-order valence-electron chi connectivity index (χ1n) is 5.61. The van der Waals surface area contributed by atoms with Crippen molar-refractivity contribution in [2.45, 2.75) is 33.1 Å². The minimum absolute atomic E-state index is 0.0782. The zero-order chi connectivity index (χ0) is 10.6. The van der Waals surface area contributed by atoms with Gasteiger partial charge in [-0.1, -0.05) is 13.8 Å². The highest BCUT2D eigenvalue weighted by atomic mass is 16.2. The maximum atomic E-state index is 11.4. The summed E-state index contributed by atoms with van der Waals surface area (Å²) in [6, 6.07) is 0.0782. The molecule has 1 heterocycles. The van der Waals surface area contributed by atoms with Gasteiger partial charge >= 0.3 is 6.03 Å². The van der Waals surface area contributed by atoms with Crippen LogP contribution in [0.5, 0.6) is 0 Å². The molecule has 0 spiro atoms. The Morgan fingerprint density at radius 2 is 2.07 bits per heavy atom. The zero-order valence-electron chi connectivity index (χ0n) is 9.55. The molecule has 1 saturated heterocycles. The van der Waals surface area contributed by atoms with Crippen molar-refractivity contribution in [1.82, 2.24) is 10.2 Å². The molecule has 1 unspecified atom stereocenters. The van der Waals surface area contributed by atoms with Crippen LogP contribution < -0.4 is 5.32 Å². The molecule has 82 valence electrons. The molecule has 0 aliphatic carbocycles. The minimum atomic E-state index is 0.0782. The number of rotatable bonds is 1. The third-order valence-corrected chi connectivity index (χ3v) is 3.22. The Bertz CT molecular complexity index is 192. The van der Waals surface area contributed by atoms with Gasteiger partial charge in [0, 0.05) is 20.1 Å². The van der Waals surface area contributed by atoms with Gasteiger partial charge in [-0.3, -0.25) is 0 Å². The van der Waals surface area contributed by atoms with Crippen LogP contribution in [-0.2, 0) is 0 Å². The van der Waals surface area contributed by atoms with Gasteiger partial charge in [0.05, 0.1) is 0 Å². The largest absolute Gasteiger partial charge is 0.341 e. The SMILES string of the molecule is CNC(=O)N1CCCC(C(C)C)CC1. The average Bonchev–Trinajstić information content (AvgIpc) is 2.41. The number of likely N-dealkylation sites (tertiary alicyclic amines) is 1. The Hall–Kier alpha value is -0.730. The minimum Gasteiger partial charge on any atom is -0.341 e. The summed E-state index contributed by atoms with van der Waals surface area (Å²) in [6.45, 7) is 6.39. The van der Waals surface area contributed by atoms with E-state index in [9.17, 15) is 4.79 Å². The summed E-state index contributed by atoms with van der Waals surface area (Å²) < 4.78 is 0. The van der Waals surface area contributed by atoms with E-state index in [1.54, 1.807) is 7.05 Å². The number of hydrogen-bond donors (Lipinski definition) is 1.